The molecule has 0 spiro atoms. The molecule has 3 heteroatoms. The summed E-state index contributed by atoms with van der Waals surface area (Å²) in [5, 5.41) is 8.42. The lowest BCUT2D eigenvalue weighted by molar-refractivity contribution is -0.138. The second-order valence-electron chi connectivity index (χ2n) is 2.63. The SMILES string of the molecule is C=C(C)C1(CC(=O)O)CO1. The summed E-state index contributed by atoms with van der Waals surface area (Å²) in [5.74, 6) is -0.833. The summed E-state index contributed by atoms with van der Waals surface area (Å²) in [6.45, 7) is 5.95. The molecule has 1 rings (SSSR count). The number of hydrogen-bond donors (Lipinski definition) is 1. The summed E-state index contributed by atoms with van der Waals surface area (Å²) in [7, 11) is 0. The maximum Gasteiger partial charge on any atom is 0.306 e. The number of aliphatic carboxylic acids is 1. The van der Waals surface area contributed by atoms with Crippen LogP contribution in [-0.4, -0.2) is 23.3 Å². The first-order valence-electron chi connectivity index (χ1n) is 3.08. The third-order valence-electron chi connectivity index (χ3n) is 1.71. The summed E-state index contributed by atoms with van der Waals surface area (Å²) in [6, 6.07) is 0. The van der Waals surface area contributed by atoms with E-state index >= 15 is 0 Å². The van der Waals surface area contributed by atoms with E-state index in [-0.39, 0.29) is 6.42 Å². The minimum Gasteiger partial charge on any atom is -0.481 e. The Morgan fingerprint density at radius 1 is 1.90 bits per heavy atom. The molecule has 0 aromatic carbocycles. The number of carboxylic acids is 1. The van der Waals surface area contributed by atoms with Gasteiger partial charge in [0.15, 0.2) is 0 Å². The van der Waals surface area contributed by atoms with Gasteiger partial charge < -0.3 is 9.84 Å². The number of carboxylic acid groups (broad SMARTS) is 1. The zero-order chi connectivity index (χ0) is 7.78. The summed E-state index contributed by atoms with van der Waals surface area (Å²) in [5.41, 5.74) is 0.279. The van der Waals surface area contributed by atoms with Gasteiger partial charge in [0.2, 0.25) is 0 Å². The number of carbonyl (C=O) groups is 1. The smallest absolute Gasteiger partial charge is 0.306 e. The molecule has 1 heterocycles. The molecule has 1 saturated heterocycles. The Morgan fingerprint density at radius 2 is 2.40 bits per heavy atom. The molecule has 56 valence electrons. The van der Waals surface area contributed by atoms with Crippen molar-refractivity contribution in [2.24, 2.45) is 0 Å². The van der Waals surface area contributed by atoms with Gasteiger partial charge in [0.05, 0.1) is 13.0 Å². The van der Waals surface area contributed by atoms with Crippen molar-refractivity contribution in [2.45, 2.75) is 18.9 Å². The molecule has 0 radical (unpaired) electrons. The van der Waals surface area contributed by atoms with Crippen molar-refractivity contribution in [1.29, 1.82) is 0 Å². The number of ether oxygens (including phenoxy) is 1. The monoisotopic (exact) mass is 142 g/mol. The van der Waals surface area contributed by atoms with Gasteiger partial charge in [0.1, 0.15) is 5.60 Å². The minimum atomic E-state index is -0.833. The normalized spacial score (nSPS) is 29.7. The van der Waals surface area contributed by atoms with Gasteiger partial charge in [0, 0.05) is 0 Å². The van der Waals surface area contributed by atoms with Crippen LogP contribution in [0.1, 0.15) is 13.3 Å². The lowest BCUT2D eigenvalue weighted by Gasteiger charge is -2.06. The number of hydrogen-bond acceptors (Lipinski definition) is 2. The van der Waals surface area contributed by atoms with E-state index in [1.807, 2.05) is 0 Å². The Hall–Kier alpha value is -0.830. The highest BCUT2D eigenvalue weighted by Gasteiger charge is 2.47. The first kappa shape index (κ1) is 7.28. The summed E-state index contributed by atoms with van der Waals surface area (Å²) < 4.78 is 4.99. The molecule has 0 saturated carbocycles. The van der Waals surface area contributed by atoms with Gasteiger partial charge >= 0.3 is 5.97 Å². The Balaban J connectivity index is 2.53. The lowest BCUT2D eigenvalue weighted by Crippen LogP contribution is -2.17. The standard InChI is InChI=1S/C7H10O3/c1-5(2)7(4-10-7)3-6(8)9/h1,3-4H2,2H3,(H,8,9). The van der Waals surface area contributed by atoms with E-state index in [0.29, 0.717) is 6.61 Å². The van der Waals surface area contributed by atoms with Crippen LogP contribution in [0.5, 0.6) is 0 Å². The highest BCUT2D eigenvalue weighted by molar-refractivity contribution is 5.69. The van der Waals surface area contributed by atoms with Crippen LogP contribution in [0.2, 0.25) is 0 Å². The zero-order valence-electron chi connectivity index (χ0n) is 5.89. The topological polar surface area (TPSA) is 49.8 Å². The predicted molar refractivity (Wildman–Crippen MR) is 35.7 cm³/mol. The van der Waals surface area contributed by atoms with Crippen LogP contribution >= 0.6 is 0 Å². The summed E-state index contributed by atoms with van der Waals surface area (Å²) in [4.78, 5) is 10.2. The van der Waals surface area contributed by atoms with Crippen molar-refractivity contribution in [1.82, 2.24) is 0 Å². The first-order valence-corrected chi connectivity index (χ1v) is 3.08. The van der Waals surface area contributed by atoms with Crippen molar-refractivity contribution in [2.75, 3.05) is 6.61 Å². The van der Waals surface area contributed by atoms with Crippen molar-refractivity contribution in [3.05, 3.63) is 12.2 Å². The molecule has 10 heavy (non-hydrogen) atoms. The largest absolute Gasteiger partial charge is 0.481 e. The molecule has 0 bridgehead atoms. The minimum absolute atomic E-state index is 0.0440. The Morgan fingerprint density at radius 3 is 2.50 bits per heavy atom. The van der Waals surface area contributed by atoms with Gasteiger partial charge in [-0.3, -0.25) is 4.79 Å². The van der Waals surface area contributed by atoms with Crippen molar-refractivity contribution in [3.63, 3.8) is 0 Å². The molecule has 0 aromatic heterocycles. The third kappa shape index (κ3) is 1.19. The number of epoxide rings is 1. The molecule has 1 N–H and O–H groups in total. The molecule has 3 nitrogen and oxygen atoms in total. The summed E-state index contributed by atoms with van der Waals surface area (Å²) >= 11 is 0. The van der Waals surface area contributed by atoms with E-state index in [1.165, 1.54) is 0 Å². The van der Waals surface area contributed by atoms with E-state index in [9.17, 15) is 4.79 Å². The predicted octanol–water partition coefficient (Wildman–Crippen LogP) is 0.806. The summed E-state index contributed by atoms with van der Waals surface area (Å²) in [6.07, 6.45) is 0.0440. The van der Waals surface area contributed by atoms with Crippen molar-refractivity contribution in [3.8, 4) is 0 Å². The van der Waals surface area contributed by atoms with Crippen molar-refractivity contribution >= 4 is 5.97 Å². The highest BCUT2D eigenvalue weighted by atomic mass is 16.6. The van der Waals surface area contributed by atoms with Crippen LogP contribution in [0, 0.1) is 0 Å². The van der Waals surface area contributed by atoms with E-state index in [1.54, 1.807) is 6.92 Å². The second-order valence-corrected chi connectivity index (χ2v) is 2.63. The Labute approximate surface area is 59.3 Å². The van der Waals surface area contributed by atoms with Crippen LogP contribution in [0.4, 0.5) is 0 Å². The van der Waals surface area contributed by atoms with Crippen LogP contribution in [0.25, 0.3) is 0 Å². The molecule has 1 atom stereocenters. The number of rotatable bonds is 3. The quantitative estimate of drug-likeness (QED) is 0.468. The molecule has 1 aliphatic rings. The van der Waals surface area contributed by atoms with Gasteiger partial charge in [-0.05, 0) is 12.5 Å². The van der Waals surface area contributed by atoms with E-state index < -0.39 is 11.6 Å². The molecule has 1 aliphatic heterocycles. The fraction of sp³-hybridized carbons (Fsp3) is 0.571. The van der Waals surface area contributed by atoms with Crippen LogP contribution < -0.4 is 0 Å². The van der Waals surface area contributed by atoms with E-state index in [4.69, 9.17) is 9.84 Å². The van der Waals surface area contributed by atoms with E-state index in [0.717, 1.165) is 5.57 Å². The van der Waals surface area contributed by atoms with Crippen LogP contribution in [0.3, 0.4) is 0 Å². The molecule has 1 unspecified atom stereocenters. The average Bonchev–Trinajstić information content (AvgIpc) is 2.46. The van der Waals surface area contributed by atoms with Gasteiger partial charge in [-0.15, -0.1) is 0 Å². The lowest BCUT2D eigenvalue weighted by atomic mass is 10.00. The average molecular weight is 142 g/mol. The highest BCUT2D eigenvalue weighted by Crippen LogP contribution is 2.37. The molecule has 0 amide bonds. The van der Waals surface area contributed by atoms with Gasteiger partial charge in [-0.2, -0.15) is 0 Å². The van der Waals surface area contributed by atoms with Crippen LogP contribution in [0.15, 0.2) is 12.2 Å². The first-order chi connectivity index (χ1) is 4.57. The molecular formula is C7H10O3. The molecular weight excluding hydrogens is 132 g/mol. The maximum absolute atomic E-state index is 10.2. The Kier molecular flexibility index (Phi) is 1.52. The van der Waals surface area contributed by atoms with E-state index in [2.05, 4.69) is 6.58 Å². The third-order valence-corrected chi connectivity index (χ3v) is 1.71. The second kappa shape index (κ2) is 2.09. The molecule has 0 aliphatic carbocycles. The fourth-order valence-electron chi connectivity index (χ4n) is 0.831. The van der Waals surface area contributed by atoms with Gasteiger partial charge in [-0.25, -0.2) is 0 Å². The zero-order valence-corrected chi connectivity index (χ0v) is 5.89. The van der Waals surface area contributed by atoms with Crippen molar-refractivity contribution < 1.29 is 14.6 Å². The molecule has 0 aromatic rings. The molecule has 1 fully saturated rings. The maximum atomic E-state index is 10.2. The Bertz CT molecular complexity index is 179. The van der Waals surface area contributed by atoms with Gasteiger partial charge in [-0.1, -0.05) is 6.58 Å². The fourth-order valence-corrected chi connectivity index (χ4v) is 0.831. The van der Waals surface area contributed by atoms with Gasteiger partial charge in [0.25, 0.3) is 0 Å². The van der Waals surface area contributed by atoms with Crippen LogP contribution in [-0.2, 0) is 9.53 Å².